The summed E-state index contributed by atoms with van der Waals surface area (Å²) in [6, 6.07) is 1.49. The second kappa shape index (κ2) is 3.37. The summed E-state index contributed by atoms with van der Waals surface area (Å²) in [4.78, 5) is 3.68. The third kappa shape index (κ3) is 1.84. The van der Waals surface area contributed by atoms with Crippen molar-refractivity contribution < 1.29 is 9.13 Å². The molecule has 1 heterocycles. The van der Waals surface area contributed by atoms with Crippen molar-refractivity contribution in [1.29, 1.82) is 0 Å². The van der Waals surface area contributed by atoms with Crippen LogP contribution in [0.2, 0.25) is 5.02 Å². The lowest BCUT2D eigenvalue weighted by atomic mass is 10.5. The van der Waals surface area contributed by atoms with Gasteiger partial charge in [-0.25, -0.2) is 4.39 Å². The van der Waals surface area contributed by atoms with Gasteiger partial charge in [0.15, 0.2) is 0 Å². The first-order chi connectivity index (χ1) is 4.83. The van der Waals surface area contributed by atoms with Crippen LogP contribution >= 0.6 is 11.6 Å². The summed E-state index contributed by atoms with van der Waals surface area (Å²) in [5.41, 5.74) is 0. The molecule has 0 amide bonds. The maximum Gasteiger partial charge on any atom is 0.228 e. The third-order valence-electron chi connectivity index (χ3n) is 0.901. The minimum absolute atomic E-state index is 0.343. The number of halogens is 2. The van der Waals surface area contributed by atoms with Crippen LogP contribution in [-0.4, -0.2) is 11.8 Å². The van der Waals surface area contributed by atoms with Crippen molar-refractivity contribution >= 4 is 11.6 Å². The molecule has 0 aliphatic heterocycles. The van der Waals surface area contributed by atoms with E-state index in [0.29, 0.717) is 10.8 Å². The fraction of sp³-hybridized carbons (Fsp3) is 0.167. The molecule has 1 aromatic rings. The second-order valence-corrected chi connectivity index (χ2v) is 2.03. The SMILES string of the molecule is FCOc1cncc(Cl)c1. The van der Waals surface area contributed by atoms with E-state index < -0.39 is 6.86 Å². The van der Waals surface area contributed by atoms with Gasteiger partial charge >= 0.3 is 0 Å². The Balaban J connectivity index is 2.75. The summed E-state index contributed by atoms with van der Waals surface area (Å²) in [6.07, 6.45) is 2.85. The van der Waals surface area contributed by atoms with Crippen LogP contribution in [0.15, 0.2) is 18.5 Å². The Morgan fingerprint density at radius 2 is 2.40 bits per heavy atom. The van der Waals surface area contributed by atoms with Gasteiger partial charge in [-0.05, 0) is 0 Å². The third-order valence-corrected chi connectivity index (χ3v) is 1.11. The number of rotatable bonds is 2. The summed E-state index contributed by atoms with van der Waals surface area (Å²) < 4.78 is 16.0. The minimum atomic E-state index is -0.859. The first-order valence-electron chi connectivity index (χ1n) is 2.62. The lowest BCUT2D eigenvalue weighted by molar-refractivity contribution is 0.191. The molecule has 0 unspecified atom stereocenters. The van der Waals surface area contributed by atoms with Crippen LogP contribution in [-0.2, 0) is 0 Å². The van der Waals surface area contributed by atoms with Gasteiger partial charge in [0.05, 0.1) is 11.2 Å². The van der Waals surface area contributed by atoms with Crippen LogP contribution in [0.25, 0.3) is 0 Å². The lowest BCUT2D eigenvalue weighted by Gasteiger charge is -1.98. The highest BCUT2D eigenvalue weighted by Crippen LogP contribution is 2.14. The van der Waals surface area contributed by atoms with Crippen LogP contribution in [0.4, 0.5) is 4.39 Å². The number of hydrogen-bond donors (Lipinski definition) is 0. The average Bonchev–Trinajstić information content (AvgIpc) is 1.88. The summed E-state index contributed by atoms with van der Waals surface area (Å²) in [6.45, 7) is -0.859. The number of hydrogen-bond acceptors (Lipinski definition) is 2. The Bertz CT molecular complexity index is 219. The average molecular weight is 162 g/mol. The normalized spacial score (nSPS) is 9.40. The molecule has 0 N–H and O–H groups in total. The van der Waals surface area contributed by atoms with Crippen LogP contribution < -0.4 is 4.74 Å². The van der Waals surface area contributed by atoms with Crippen LogP contribution in [0.1, 0.15) is 0 Å². The fourth-order valence-electron chi connectivity index (χ4n) is 0.534. The zero-order valence-electron chi connectivity index (χ0n) is 5.05. The Hall–Kier alpha value is -0.830. The highest BCUT2D eigenvalue weighted by atomic mass is 35.5. The molecule has 1 aromatic heterocycles. The van der Waals surface area contributed by atoms with E-state index in [1.807, 2.05) is 0 Å². The lowest BCUT2D eigenvalue weighted by Crippen LogP contribution is -1.89. The summed E-state index contributed by atoms with van der Waals surface area (Å²) in [5.74, 6) is 0.343. The predicted molar refractivity (Wildman–Crippen MR) is 35.9 cm³/mol. The zero-order chi connectivity index (χ0) is 7.40. The van der Waals surface area contributed by atoms with E-state index in [9.17, 15) is 4.39 Å². The van der Waals surface area contributed by atoms with Crippen molar-refractivity contribution in [1.82, 2.24) is 4.98 Å². The molecule has 0 radical (unpaired) electrons. The van der Waals surface area contributed by atoms with Gasteiger partial charge in [0.1, 0.15) is 5.75 Å². The molecule has 4 heteroatoms. The van der Waals surface area contributed by atoms with E-state index in [1.54, 1.807) is 0 Å². The smallest absolute Gasteiger partial charge is 0.228 e. The zero-order valence-corrected chi connectivity index (χ0v) is 5.81. The minimum Gasteiger partial charge on any atom is -0.461 e. The molecule has 10 heavy (non-hydrogen) atoms. The van der Waals surface area contributed by atoms with E-state index in [-0.39, 0.29) is 0 Å². The number of pyridine rings is 1. The maximum atomic E-state index is 11.5. The van der Waals surface area contributed by atoms with Gasteiger partial charge < -0.3 is 4.74 Å². The van der Waals surface area contributed by atoms with Crippen molar-refractivity contribution in [2.45, 2.75) is 0 Å². The first kappa shape index (κ1) is 7.28. The highest BCUT2D eigenvalue weighted by molar-refractivity contribution is 6.30. The topological polar surface area (TPSA) is 22.1 Å². The maximum absolute atomic E-state index is 11.5. The molecular formula is C6H5ClFNO. The number of nitrogens with zero attached hydrogens (tertiary/aromatic N) is 1. The van der Waals surface area contributed by atoms with Crippen LogP contribution in [0.3, 0.4) is 0 Å². The van der Waals surface area contributed by atoms with Crippen molar-refractivity contribution in [2.24, 2.45) is 0 Å². The van der Waals surface area contributed by atoms with Crippen molar-refractivity contribution in [3.63, 3.8) is 0 Å². The van der Waals surface area contributed by atoms with Crippen LogP contribution in [0, 0.1) is 0 Å². The van der Waals surface area contributed by atoms with Gasteiger partial charge in [-0.2, -0.15) is 0 Å². The summed E-state index contributed by atoms with van der Waals surface area (Å²) in [7, 11) is 0. The van der Waals surface area contributed by atoms with E-state index in [1.165, 1.54) is 18.5 Å². The predicted octanol–water partition coefficient (Wildman–Crippen LogP) is 2.04. The molecule has 0 aromatic carbocycles. The Morgan fingerprint density at radius 3 is 3.00 bits per heavy atom. The molecule has 2 nitrogen and oxygen atoms in total. The van der Waals surface area contributed by atoms with E-state index in [0.717, 1.165) is 0 Å². The first-order valence-corrected chi connectivity index (χ1v) is 3.00. The Morgan fingerprint density at radius 1 is 1.60 bits per heavy atom. The van der Waals surface area contributed by atoms with Gasteiger partial charge in [0.2, 0.25) is 6.86 Å². The van der Waals surface area contributed by atoms with Gasteiger partial charge in [-0.3, -0.25) is 4.98 Å². The van der Waals surface area contributed by atoms with E-state index in [2.05, 4.69) is 9.72 Å². The summed E-state index contributed by atoms with van der Waals surface area (Å²) in [5, 5.41) is 0.436. The molecule has 0 bridgehead atoms. The highest BCUT2D eigenvalue weighted by Gasteiger charge is 1.92. The Kier molecular flexibility index (Phi) is 2.45. The molecule has 0 aliphatic rings. The molecule has 1 rings (SSSR count). The molecular weight excluding hydrogens is 157 g/mol. The van der Waals surface area contributed by atoms with Gasteiger partial charge in [-0.1, -0.05) is 11.6 Å². The molecule has 0 aliphatic carbocycles. The van der Waals surface area contributed by atoms with E-state index >= 15 is 0 Å². The molecule has 0 fully saturated rings. The number of aromatic nitrogens is 1. The fourth-order valence-corrected chi connectivity index (χ4v) is 0.698. The van der Waals surface area contributed by atoms with Crippen LogP contribution in [0.5, 0.6) is 5.75 Å². The Labute approximate surface area is 62.6 Å². The quantitative estimate of drug-likeness (QED) is 0.662. The molecule has 54 valence electrons. The second-order valence-electron chi connectivity index (χ2n) is 1.59. The number of ether oxygens (including phenoxy) is 1. The van der Waals surface area contributed by atoms with E-state index in [4.69, 9.17) is 11.6 Å². The van der Waals surface area contributed by atoms with Crippen molar-refractivity contribution in [2.75, 3.05) is 6.86 Å². The molecule has 0 spiro atoms. The van der Waals surface area contributed by atoms with Crippen molar-refractivity contribution in [3.8, 4) is 5.75 Å². The number of alkyl halides is 1. The monoisotopic (exact) mass is 161 g/mol. The molecule has 0 saturated heterocycles. The standard InChI is InChI=1S/C6H5ClFNO/c7-5-1-6(10-4-8)3-9-2-5/h1-3H,4H2. The van der Waals surface area contributed by atoms with Gasteiger partial charge in [0.25, 0.3) is 0 Å². The van der Waals surface area contributed by atoms with Gasteiger partial charge in [0, 0.05) is 12.3 Å². The summed E-state index contributed by atoms with van der Waals surface area (Å²) >= 11 is 5.52. The van der Waals surface area contributed by atoms with Gasteiger partial charge in [-0.15, -0.1) is 0 Å². The molecule has 0 saturated carbocycles. The largest absolute Gasteiger partial charge is 0.461 e. The van der Waals surface area contributed by atoms with Crippen molar-refractivity contribution in [3.05, 3.63) is 23.5 Å². The molecule has 0 atom stereocenters.